The number of fused-ring (bicyclic) bond motifs is 1. The number of aryl methyl sites for hydroxylation is 1. The van der Waals surface area contributed by atoms with Crippen LogP contribution in [0.25, 0.3) is 5.69 Å². The van der Waals surface area contributed by atoms with Crippen LogP contribution in [0, 0.1) is 6.92 Å². The Bertz CT molecular complexity index is 1380. The summed E-state index contributed by atoms with van der Waals surface area (Å²) in [7, 11) is 0. The third-order valence-corrected chi connectivity index (χ3v) is 7.21. The van der Waals surface area contributed by atoms with Gasteiger partial charge in [-0.3, -0.25) is 29.6 Å². The highest BCUT2D eigenvalue weighted by molar-refractivity contribution is 6.05. The molecule has 2 fully saturated rings. The van der Waals surface area contributed by atoms with E-state index in [1.54, 1.807) is 17.2 Å². The Morgan fingerprint density at radius 1 is 1.14 bits per heavy atom. The van der Waals surface area contributed by atoms with Crippen LogP contribution < -0.4 is 10.1 Å². The van der Waals surface area contributed by atoms with Crippen molar-refractivity contribution in [3.05, 3.63) is 71.3 Å². The predicted molar refractivity (Wildman–Crippen MR) is 133 cm³/mol. The zero-order valence-electron chi connectivity index (χ0n) is 20.6. The van der Waals surface area contributed by atoms with Gasteiger partial charge in [0.25, 0.3) is 5.91 Å². The van der Waals surface area contributed by atoms with Gasteiger partial charge in [-0.25, -0.2) is 4.68 Å². The van der Waals surface area contributed by atoms with E-state index in [1.807, 2.05) is 42.1 Å². The Labute approximate surface area is 214 Å². The van der Waals surface area contributed by atoms with Crippen LogP contribution in [-0.4, -0.2) is 67.5 Å². The monoisotopic (exact) mass is 500 g/mol. The second-order valence-electron chi connectivity index (χ2n) is 9.93. The number of hydrogen-bond donors (Lipinski definition) is 1. The number of carbonyl (C=O) groups excluding carboxylic acids is 3. The maximum Gasteiger partial charge on any atom is 0.255 e. The van der Waals surface area contributed by atoms with E-state index in [0.29, 0.717) is 18.5 Å². The number of pyridine rings is 1. The summed E-state index contributed by atoms with van der Waals surface area (Å²) in [6.07, 6.45) is 7.30. The molecule has 6 rings (SSSR count). The van der Waals surface area contributed by atoms with E-state index in [2.05, 4.69) is 26.5 Å². The first-order chi connectivity index (χ1) is 17.9. The van der Waals surface area contributed by atoms with E-state index in [0.717, 1.165) is 54.3 Å². The summed E-state index contributed by atoms with van der Waals surface area (Å²) in [5.41, 5.74) is 4.52. The van der Waals surface area contributed by atoms with Crippen LogP contribution in [-0.2, 0) is 22.7 Å². The smallest absolute Gasteiger partial charge is 0.255 e. The first-order valence-corrected chi connectivity index (χ1v) is 12.6. The molecule has 0 aliphatic carbocycles. The zero-order valence-corrected chi connectivity index (χ0v) is 20.6. The number of nitrogens with one attached hydrogen (secondary N) is 1. The fourth-order valence-corrected chi connectivity index (χ4v) is 5.37. The highest BCUT2D eigenvalue weighted by atomic mass is 16.5. The number of aromatic nitrogens is 3. The quantitative estimate of drug-likeness (QED) is 0.516. The third kappa shape index (κ3) is 4.72. The largest absolute Gasteiger partial charge is 0.489 e. The SMILES string of the molecule is Cc1cc(-n2cc(CN3CC[C@H](Oc4ccc5c(c4)CN(C4CCC(=O)NC4=O)C5=O)C3)cn2)ccn1. The van der Waals surface area contributed by atoms with Gasteiger partial charge >= 0.3 is 0 Å². The molecule has 1 N–H and O–H groups in total. The molecule has 3 aliphatic heterocycles. The molecule has 1 aromatic carbocycles. The van der Waals surface area contributed by atoms with Gasteiger partial charge in [0.2, 0.25) is 11.8 Å². The fraction of sp³-hybridized carbons (Fsp3) is 0.370. The van der Waals surface area contributed by atoms with E-state index >= 15 is 0 Å². The molecule has 2 aromatic heterocycles. The standard InChI is InChI=1S/C27H28N6O4/c1-17-10-20(6-8-28-17)33-14-18(12-29-33)13-31-9-7-22(16-31)37-21-2-3-23-19(11-21)15-32(27(23)36)24-4-5-25(34)30-26(24)35/h2-3,6,8,10-12,14,22,24H,4-5,7,9,13,15-16H2,1H3,(H,30,34,35)/t22-,24?/m0/s1. The summed E-state index contributed by atoms with van der Waals surface area (Å²) in [6.45, 7) is 4.83. The minimum absolute atomic E-state index is 0.0549. The van der Waals surface area contributed by atoms with Crippen LogP contribution in [0.3, 0.4) is 0 Å². The van der Waals surface area contributed by atoms with Gasteiger partial charge in [0, 0.05) is 61.8 Å². The van der Waals surface area contributed by atoms with Crippen molar-refractivity contribution in [2.75, 3.05) is 13.1 Å². The Balaban J connectivity index is 1.06. The van der Waals surface area contributed by atoms with Crippen molar-refractivity contribution in [2.45, 2.75) is 51.4 Å². The van der Waals surface area contributed by atoms with Gasteiger partial charge in [-0.05, 0) is 55.7 Å². The number of carbonyl (C=O) groups is 3. The molecule has 3 aromatic rings. The predicted octanol–water partition coefficient (Wildman–Crippen LogP) is 1.99. The van der Waals surface area contributed by atoms with E-state index in [1.165, 1.54) is 0 Å². The Morgan fingerprint density at radius 2 is 2.03 bits per heavy atom. The fourth-order valence-electron chi connectivity index (χ4n) is 5.37. The van der Waals surface area contributed by atoms with Gasteiger partial charge in [0.15, 0.2) is 0 Å². The zero-order chi connectivity index (χ0) is 25.5. The minimum atomic E-state index is -0.614. The topological polar surface area (TPSA) is 110 Å². The van der Waals surface area contributed by atoms with Crippen molar-refractivity contribution in [1.29, 1.82) is 0 Å². The molecule has 190 valence electrons. The molecule has 37 heavy (non-hydrogen) atoms. The van der Waals surface area contributed by atoms with Crippen molar-refractivity contribution < 1.29 is 19.1 Å². The average molecular weight is 501 g/mol. The van der Waals surface area contributed by atoms with Gasteiger partial charge in [-0.15, -0.1) is 0 Å². The molecule has 10 heteroatoms. The van der Waals surface area contributed by atoms with Crippen molar-refractivity contribution in [1.82, 2.24) is 29.9 Å². The lowest BCUT2D eigenvalue weighted by Crippen LogP contribution is -2.52. The average Bonchev–Trinajstić information content (AvgIpc) is 3.59. The molecule has 3 aliphatic rings. The molecule has 0 radical (unpaired) electrons. The Morgan fingerprint density at radius 3 is 2.86 bits per heavy atom. The molecule has 0 spiro atoms. The molecule has 0 bridgehead atoms. The first-order valence-electron chi connectivity index (χ1n) is 12.6. The molecular weight excluding hydrogens is 472 g/mol. The second kappa shape index (κ2) is 9.44. The molecule has 1 unspecified atom stereocenters. The van der Waals surface area contributed by atoms with E-state index < -0.39 is 11.9 Å². The molecule has 0 saturated carbocycles. The number of piperidine rings is 1. The van der Waals surface area contributed by atoms with Crippen LogP contribution in [0.5, 0.6) is 5.75 Å². The number of nitrogens with zero attached hydrogens (tertiary/aromatic N) is 5. The highest BCUT2D eigenvalue weighted by Gasteiger charge is 2.39. The number of ether oxygens (including phenoxy) is 1. The summed E-state index contributed by atoms with van der Waals surface area (Å²) in [4.78, 5) is 44.8. The highest BCUT2D eigenvalue weighted by Crippen LogP contribution is 2.31. The summed E-state index contributed by atoms with van der Waals surface area (Å²) in [5, 5.41) is 6.84. The van der Waals surface area contributed by atoms with Gasteiger partial charge in [-0.1, -0.05) is 0 Å². The molecule has 2 saturated heterocycles. The van der Waals surface area contributed by atoms with Gasteiger partial charge in [0.1, 0.15) is 17.9 Å². The van der Waals surface area contributed by atoms with Crippen molar-refractivity contribution in [2.24, 2.45) is 0 Å². The number of benzene rings is 1. The molecule has 10 nitrogen and oxygen atoms in total. The van der Waals surface area contributed by atoms with Crippen LogP contribution in [0.15, 0.2) is 48.9 Å². The normalized spacial score (nSPS) is 21.9. The first kappa shape index (κ1) is 23.4. The summed E-state index contributed by atoms with van der Waals surface area (Å²) in [6, 6.07) is 8.84. The number of rotatable bonds is 6. The van der Waals surface area contributed by atoms with E-state index in [-0.39, 0.29) is 24.3 Å². The van der Waals surface area contributed by atoms with Crippen molar-refractivity contribution in [3.8, 4) is 11.4 Å². The molecule has 5 heterocycles. The van der Waals surface area contributed by atoms with Gasteiger partial charge < -0.3 is 9.64 Å². The lowest BCUT2D eigenvalue weighted by Gasteiger charge is -2.29. The molecule has 2 atom stereocenters. The molecule has 3 amide bonds. The Hall–Kier alpha value is -4.05. The lowest BCUT2D eigenvalue weighted by atomic mass is 10.0. The van der Waals surface area contributed by atoms with Crippen LogP contribution in [0.4, 0.5) is 0 Å². The van der Waals surface area contributed by atoms with Crippen LogP contribution in [0.2, 0.25) is 0 Å². The number of amides is 3. The minimum Gasteiger partial charge on any atom is -0.489 e. The number of hydrogen-bond acceptors (Lipinski definition) is 7. The van der Waals surface area contributed by atoms with E-state index in [9.17, 15) is 14.4 Å². The van der Waals surface area contributed by atoms with Gasteiger partial charge in [0.05, 0.1) is 11.9 Å². The Kier molecular flexibility index (Phi) is 5.96. The third-order valence-electron chi connectivity index (χ3n) is 7.21. The van der Waals surface area contributed by atoms with Crippen molar-refractivity contribution >= 4 is 17.7 Å². The van der Waals surface area contributed by atoms with E-state index in [4.69, 9.17) is 4.74 Å². The number of likely N-dealkylation sites (tertiary alicyclic amines) is 1. The summed E-state index contributed by atoms with van der Waals surface area (Å²) >= 11 is 0. The summed E-state index contributed by atoms with van der Waals surface area (Å²) in [5.74, 6) is -0.138. The maximum absolute atomic E-state index is 12.9. The van der Waals surface area contributed by atoms with Crippen LogP contribution >= 0.6 is 0 Å². The maximum atomic E-state index is 12.9. The molecular formula is C27H28N6O4. The summed E-state index contributed by atoms with van der Waals surface area (Å²) < 4.78 is 8.16. The van der Waals surface area contributed by atoms with Crippen molar-refractivity contribution in [3.63, 3.8) is 0 Å². The lowest BCUT2D eigenvalue weighted by molar-refractivity contribution is -0.136. The second-order valence-corrected chi connectivity index (χ2v) is 9.93. The number of imide groups is 1. The van der Waals surface area contributed by atoms with Crippen LogP contribution in [0.1, 0.15) is 46.4 Å². The van der Waals surface area contributed by atoms with Gasteiger partial charge in [-0.2, -0.15) is 5.10 Å².